The van der Waals surface area contributed by atoms with Gasteiger partial charge in [-0.25, -0.2) is 8.42 Å². The van der Waals surface area contributed by atoms with Crippen LogP contribution in [0.3, 0.4) is 0 Å². The molecule has 2 aliphatic rings. The van der Waals surface area contributed by atoms with Gasteiger partial charge in [-0.05, 0) is 41.1 Å². The van der Waals surface area contributed by atoms with Gasteiger partial charge in [0.15, 0.2) is 9.84 Å². The Balaban J connectivity index is 1.78. The number of nitrogens with one attached hydrogen (secondary N) is 1. The molecule has 2 saturated heterocycles. The highest BCUT2D eigenvalue weighted by Gasteiger charge is 2.48. The highest BCUT2D eigenvalue weighted by atomic mass is 32.2. The van der Waals surface area contributed by atoms with Crippen molar-refractivity contribution >= 4 is 21.2 Å². The van der Waals surface area contributed by atoms with Crippen LogP contribution in [0.2, 0.25) is 0 Å². The second-order valence-corrected chi connectivity index (χ2v) is 8.38. The number of rotatable bonds is 3. The summed E-state index contributed by atoms with van der Waals surface area (Å²) in [4.78, 5) is 0. The van der Waals surface area contributed by atoms with Gasteiger partial charge in [-0.2, -0.15) is 11.3 Å². The summed E-state index contributed by atoms with van der Waals surface area (Å²) in [6.07, 6.45) is 1.89. The molecule has 1 aromatic heterocycles. The molecule has 0 radical (unpaired) electrons. The molecule has 0 aliphatic carbocycles. The molecule has 2 fully saturated rings. The van der Waals surface area contributed by atoms with Crippen LogP contribution in [0.5, 0.6) is 0 Å². The number of hydrogen-bond donors (Lipinski definition) is 1. The SMILES string of the molecule is O=S1(=O)CCC(C2(Cc3ccsc3)CNC2)C1. The molecule has 17 heavy (non-hydrogen) atoms. The molecular formula is C12H17NO2S2. The second-order valence-electron chi connectivity index (χ2n) is 5.37. The van der Waals surface area contributed by atoms with Gasteiger partial charge >= 0.3 is 0 Å². The Hall–Kier alpha value is -0.390. The Morgan fingerprint density at radius 2 is 2.29 bits per heavy atom. The van der Waals surface area contributed by atoms with Crippen molar-refractivity contribution in [3.05, 3.63) is 22.4 Å². The highest BCUT2D eigenvalue weighted by Crippen LogP contribution is 2.42. The Labute approximate surface area is 106 Å². The van der Waals surface area contributed by atoms with Crippen molar-refractivity contribution in [2.75, 3.05) is 24.6 Å². The van der Waals surface area contributed by atoms with E-state index >= 15 is 0 Å². The smallest absolute Gasteiger partial charge is 0.150 e. The largest absolute Gasteiger partial charge is 0.315 e. The Morgan fingerprint density at radius 3 is 2.76 bits per heavy atom. The molecule has 0 amide bonds. The van der Waals surface area contributed by atoms with Gasteiger partial charge in [-0.1, -0.05) is 0 Å². The number of sulfone groups is 1. The molecule has 1 atom stereocenters. The van der Waals surface area contributed by atoms with Crippen molar-refractivity contribution in [3.63, 3.8) is 0 Å². The van der Waals surface area contributed by atoms with Crippen LogP contribution in [0.25, 0.3) is 0 Å². The molecular weight excluding hydrogens is 254 g/mol. The fraction of sp³-hybridized carbons (Fsp3) is 0.667. The van der Waals surface area contributed by atoms with Crippen molar-refractivity contribution in [1.82, 2.24) is 5.32 Å². The van der Waals surface area contributed by atoms with Gasteiger partial charge < -0.3 is 5.32 Å². The van der Waals surface area contributed by atoms with Gasteiger partial charge in [0.05, 0.1) is 11.5 Å². The normalized spacial score (nSPS) is 30.0. The van der Waals surface area contributed by atoms with Crippen LogP contribution in [-0.2, 0) is 16.3 Å². The van der Waals surface area contributed by atoms with Crippen LogP contribution in [-0.4, -0.2) is 33.0 Å². The highest BCUT2D eigenvalue weighted by molar-refractivity contribution is 7.91. The maximum absolute atomic E-state index is 11.6. The van der Waals surface area contributed by atoms with Crippen molar-refractivity contribution in [2.45, 2.75) is 12.8 Å². The summed E-state index contributed by atoms with van der Waals surface area (Å²) in [6, 6.07) is 2.16. The van der Waals surface area contributed by atoms with Gasteiger partial charge in [-0.3, -0.25) is 0 Å². The lowest BCUT2D eigenvalue weighted by Crippen LogP contribution is -2.59. The van der Waals surface area contributed by atoms with Gasteiger partial charge in [0.1, 0.15) is 0 Å². The minimum absolute atomic E-state index is 0.199. The van der Waals surface area contributed by atoms with E-state index in [9.17, 15) is 8.42 Å². The third-order valence-corrected chi connectivity index (χ3v) is 6.69. The lowest BCUT2D eigenvalue weighted by Gasteiger charge is -2.47. The quantitative estimate of drug-likeness (QED) is 0.902. The van der Waals surface area contributed by atoms with Crippen LogP contribution in [0.15, 0.2) is 16.8 Å². The molecule has 3 rings (SSSR count). The fourth-order valence-electron chi connectivity index (χ4n) is 3.08. The van der Waals surface area contributed by atoms with Gasteiger partial charge in [0, 0.05) is 18.5 Å². The lowest BCUT2D eigenvalue weighted by molar-refractivity contribution is 0.0926. The molecule has 0 bridgehead atoms. The average Bonchev–Trinajstić information content (AvgIpc) is 2.81. The number of hydrogen-bond acceptors (Lipinski definition) is 4. The fourth-order valence-corrected chi connectivity index (χ4v) is 5.69. The average molecular weight is 271 g/mol. The summed E-state index contributed by atoms with van der Waals surface area (Å²) >= 11 is 1.72. The first-order valence-corrected chi connectivity index (χ1v) is 8.78. The summed E-state index contributed by atoms with van der Waals surface area (Å²) < 4.78 is 23.2. The van der Waals surface area contributed by atoms with Crippen LogP contribution in [0.1, 0.15) is 12.0 Å². The van der Waals surface area contributed by atoms with E-state index in [1.165, 1.54) is 5.56 Å². The maximum atomic E-state index is 11.6. The Bertz CT molecular complexity index is 489. The zero-order valence-corrected chi connectivity index (χ0v) is 11.3. The molecule has 0 aromatic carbocycles. The van der Waals surface area contributed by atoms with Crippen LogP contribution in [0, 0.1) is 11.3 Å². The van der Waals surface area contributed by atoms with E-state index < -0.39 is 9.84 Å². The van der Waals surface area contributed by atoms with Crippen molar-refractivity contribution < 1.29 is 8.42 Å². The number of thiophene rings is 1. The third kappa shape index (κ3) is 2.16. The van der Waals surface area contributed by atoms with Crippen LogP contribution in [0.4, 0.5) is 0 Å². The molecule has 2 aliphatic heterocycles. The first-order chi connectivity index (χ1) is 8.10. The van der Waals surface area contributed by atoms with Crippen molar-refractivity contribution in [2.24, 2.45) is 11.3 Å². The first-order valence-electron chi connectivity index (χ1n) is 6.02. The van der Waals surface area contributed by atoms with E-state index in [1.54, 1.807) is 11.3 Å². The Morgan fingerprint density at radius 1 is 1.47 bits per heavy atom. The van der Waals surface area contributed by atoms with Crippen molar-refractivity contribution in [1.29, 1.82) is 0 Å². The molecule has 3 nitrogen and oxygen atoms in total. The van der Waals surface area contributed by atoms with E-state index in [4.69, 9.17) is 0 Å². The summed E-state index contributed by atoms with van der Waals surface area (Å²) in [6.45, 7) is 1.95. The molecule has 1 aromatic rings. The van der Waals surface area contributed by atoms with Gasteiger partial charge in [-0.15, -0.1) is 0 Å². The minimum atomic E-state index is -2.76. The third-order valence-electron chi connectivity index (χ3n) is 4.19. The molecule has 1 unspecified atom stereocenters. The van der Waals surface area contributed by atoms with Gasteiger partial charge in [0.2, 0.25) is 0 Å². The van der Waals surface area contributed by atoms with Gasteiger partial charge in [0.25, 0.3) is 0 Å². The Kier molecular flexibility index (Phi) is 2.80. The second kappa shape index (κ2) is 4.07. The van der Waals surface area contributed by atoms with E-state index in [2.05, 4.69) is 22.1 Å². The maximum Gasteiger partial charge on any atom is 0.150 e. The molecule has 94 valence electrons. The summed E-state index contributed by atoms with van der Waals surface area (Å²) in [5.74, 6) is 1.15. The van der Waals surface area contributed by atoms with Crippen LogP contribution >= 0.6 is 11.3 Å². The van der Waals surface area contributed by atoms with Crippen LogP contribution < -0.4 is 5.32 Å². The minimum Gasteiger partial charge on any atom is -0.315 e. The monoisotopic (exact) mass is 271 g/mol. The molecule has 0 spiro atoms. The molecule has 5 heteroatoms. The summed E-state index contributed by atoms with van der Waals surface area (Å²) in [5.41, 5.74) is 1.56. The predicted molar refractivity (Wildman–Crippen MR) is 70.1 cm³/mol. The topological polar surface area (TPSA) is 46.2 Å². The zero-order valence-electron chi connectivity index (χ0n) is 9.69. The lowest BCUT2D eigenvalue weighted by atomic mass is 9.67. The first kappa shape index (κ1) is 11.7. The van der Waals surface area contributed by atoms with E-state index in [0.717, 1.165) is 25.9 Å². The van der Waals surface area contributed by atoms with E-state index in [-0.39, 0.29) is 5.41 Å². The predicted octanol–water partition coefficient (Wildman–Crippen LogP) is 1.31. The molecule has 1 N–H and O–H groups in total. The zero-order chi connectivity index (χ0) is 11.9. The standard InChI is InChI=1S/C12H17NO2S2/c14-17(15)4-2-11(7-17)12(8-13-9-12)5-10-1-3-16-6-10/h1,3,6,11,13H,2,4-5,7-9H2. The molecule has 3 heterocycles. The summed E-state index contributed by atoms with van der Waals surface area (Å²) in [5, 5.41) is 7.61. The van der Waals surface area contributed by atoms with E-state index in [1.807, 2.05) is 0 Å². The summed E-state index contributed by atoms with van der Waals surface area (Å²) in [7, 11) is -2.76. The molecule has 0 saturated carbocycles. The van der Waals surface area contributed by atoms with Crippen molar-refractivity contribution in [3.8, 4) is 0 Å². The van der Waals surface area contributed by atoms with E-state index in [0.29, 0.717) is 17.4 Å².